The Kier molecular flexibility index (Phi) is 8.56. The number of alkyl halides is 6. The summed E-state index contributed by atoms with van der Waals surface area (Å²) in [6.45, 7) is 0. The smallest absolute Gasteiger partial charge is 0.475 e. The maximum absolute atomic E-state index is 14.3. The lowest BCUT2D eigenvalue weighted by Crippen LogP contribution is -2.32. The molecule has 3 rings (SSSR count). The number of hydrogen-bond acceptors (Lipinski definition) is 5. The van der Waals surface area contributed by atoms with Crippen LogP contribution in [0.1, 0.15) is 27.9 Å². The van der Waals surface area contributed by atoms with E-state index in [9.17, 15) is 39.9 Å². The summed E-state index contributed by atoms with van der Waals surface area (Å²) < 4.78 is 102. The first-order valence-electron chi connectivity index (χ1n) is 9.34. The van der Waals surface area contributed by atoms with Crippen molar-refractivity contribution in [2.45, 2.75) is 18.6 Å². The number of imidazole rings is 1. The van der Waals surface area contributed by atoms with E-state index in [1.807, 2.05) is 0 Å². The first-order chi connectivity index (χ1) is 16.6. The normalized spacial score (nSPS) is 12.2. The lowest BCUT2D eigenvalue weighted by molar-refractivity contribution is -0.275. The molecule has 1 amide bonds. The number of aromatic nitrogens is 3. The van der Waals surface area contributed by atoms with Crippen LogP contribution in [0.5, 0.6) is 5.75 Å². The summed E-state index contributed by atoms with van der Waals surface area (Å²) in [6, 6.07) is 3.62. The summed E-state index contributed by atoms with van der Waals surface area (Å²) in [6.07, 6.45) is -6.03. The number of aryl methyl sites for hydroxylation is 1. The Morgan fingerprint density at radius 1 is 1.03 bits per heavy atom. The number of carboxylic acids is 1. The second-order valence-corrected chi connectivity index (χ2v) is 6.68. The number of carbonyl (C=O) groups is 2. The van der Waals surface area contributed by atoms with Crippen molar-refractivity contribution in [2.75, 3.05) is 0 Å². The van der Waals surface area contributed by atoms with Crippen molar-refractivity contribution in [2.24, 2.45) is 7.05 Å². The molecule has 3 aromatic rings. The molecule has 0 bridgehead atoms. The van der Waals surface area contributed by atoms with Gasteiger partial charge in [-0.05, 0) is 29.8 Å². The highest BCUT2D eigenvalue weighted by molar-refractivity contribution is 5.91. The van der Waals surface area contributed by atoms with Crippen molar-refractivity contribution in [3.05, 3.63) is 77.6 Å². The Bertz CT molecular complexity index is 1230. The van der Waals surface area contributed by atoms with Gasteiger partial charge in [0.2, 0.25) is 0 Å². The van der Waals surface area contributed by atoms with Crippen LogP contribution >= 0.6 is 0 Å². The predicted molar refractivity (Wildman–Crippen MR) is 103 cm³/mol. The zero-order chi connectivity index (χ0) is 27.3. The van der Waals surface area contributed by atoms with E-state index < -0.39 is 47.8 Å². The molecule has 2 heterocycles. The molecule has 8 nitrogen and oxygen atoms in total. The maximum Gasteiger partial charge on any atom is 0.573 e. The zero-order valence-electron chi connectivity index (χ0n) is 17.7. The van der Waals surface area contributed by atoms with Gasteiger partial charge >= 0.3 is 18.5 Å². The topological polar surface area (TPSA) is 106 Å². The first-order valence-corrected chi connectivity index (χ1v) is 9.34. The monoisotopic (exact) mass is 526 g/mol. The molecule has 16 heteroatoms. The van der Waals surface area contributed by atoms with E-state index in [1.165, 1.54) is 29.2 Å². The molecule has 0 saturated heterocycles. The third-order valence-electron chi connectivity index (χ3n) is 4.12. The number of hydrogen-bond donors (Lipinski definition) is 2. The van der Waals surface area contributed by atoms with Gasteiger partial charge < -0.3 is 19.7 Å². The number of nitrogens with one attached hydrogen (secondary N) is 1. The Balaban J connectivity index is 0.000000572. The molecule has 0 spiro atoms. The number of nitrogens with zero attached hydrogens (tertiary/aromatic N) is 3. The van der Waals surface area contributed by atoms with Crippen LogP contribution in [0, 0.1) is 11.6 Å². The molecule has 0 saturated carbocycles. The van der Waals surface area contributed by atoms with Gasteiger partial charge in [-0.25, -0.2) is 18.6 Å². The Morgan fingerprint density at radius 2 is 1.67 bits per heavy atom. The number of carbonyl (C=O) groups excluding carboxylic acids is 1. The van der Waals surface area contributed by atoms with E-state index in [0.717, 1.165) is 18.2 Å². The van der Waals surface area contributed by atoms with Crippen molar-refractivity contribution in [3.63, 3.8) is 0 Å². The van der Waals surface area contributed by atoms with Crippen LogP contribution < -0.4 is 10.1 Å². The van der Waals surface area contributed by atoms with Crippen molar-refractivity contribution in [1.82, 2.24) is 19.9 Å². The van der Waals surface area contributed by atoms with Crippen molar-refractivity contribution in [3.8, 4) is 5.75 Å². The van der Waals surface area contributed by atoms with Gasteiger partial charge in [-0.3, -0.25) is 9.78 Å². The number of halogens is 8. The summed E-state index contributed by atoms with van der Waals surface area (Å²) in [4.78, 5) is 29.2. The summed E-state index contributed by atoms with van der Waals surface area (Å²) >= 11 is 0. The van der Waals surface area contributed by atoms with Gasteiger partial charge in [0.05, 0.1) is 6.04 Å². The highest BCUT2D eigenvalue weighted by atomic mass is 19.4. The first kappa shape index (κ1) is 28.0. The third kappa shape index (κ3) is 7.64. The highest BCUT2D eigenvalue weighted by Gasteiger charge is 2.38. The van der Waals surface area contributed by atoms with E-state index in [4.69, 9.17) is 9.90 Å². The highest BCUT2D eigenvalue weighted by Crippen LogP contribution is 2.30. The number of rotatable bonds is 5. The summed E-state index contributed by atoms with van der Waals surface area (Å²) in [7, 11) is 1.56. The molecule has 0 aliphatic carbocycles. The molecule has 0 unspecified atom stereocenters. The van der Waals surface area contributed by atoms with Gasteiger partial charge in [0.25, 0.3) is 5.91 Å². The average Bonchev–Trinajstić information content (AvgIpc) is 3.19. The summed E-state index contributed by atoms with van der Waals surface area (Å²) in [5.41, 5.74) is -0.295. The molecular weight excluding hydrogens is 512 g/mol. The molecular formula is C20H14F8N4O4. The molecule has 0 aliphatic heterocycles. The average molecular weight is 526 g/mol. The van der Waals surface area contributed by atoms with E-state index in [1.54, 1.807) is 7.05 Å². The molecule has 0 fully saturated rings. The minimum Gasteiger partial charge on any atom is -0.475 e. The fourth-order valence-electron chi connectivity index (χ4n) is 2.60. The van der Waals surface area contributed by atoms with Crippen LogP contribution in [-0.2, 0) is 11.8 Å². The van der Waals surface area contributed by atoms with Crippen LogP contribution in [0.3, 0.4) is 0 Å². The molecule has 0 radical (unpaired) electrons. The van der Waals surface area contributed by atoms with Crippen LogP contribution in [-0.4, -0.2) is 44.1 Å². The lowest BCUT2D eigenvalue weighted by atomic mass is 10.0. The zero-order valence-corrected chi connectivity index (χ0v) is 17.7. The fraction of sp³-hybridized carbons (Fsp3) is 0.200. The van der Waals surface area contributed by atoms with E-state index in [2.05, 4.69) is 20.0 Å². The van der Waals surface area contributed by atoms with E-state index in [0.29, 0.717) is 6.07 Å². The summed E-state index contributed by atoms with van der Waals surface area (Å²) in [5, 5.41) is 9.60. The quantitative estimate of drug-likeness (QED) is 0.484. The summed E-state index contributed by atoms with van der Waals surface area (Å²) in [5.74, 6) is -6.68. The lowest BCUT2D eigenvalue weighted by Gasteiger charge is -2.20. The van der Waals surface area contributed by atoms with Gasteiger partial charge in [0.1, 0.15) is 11.5 Å². The van der Waals surface area contributed by atoms with Crippen LogP contribution in [0.15, 0.2) is 48.9 Å². The molecule has 2 N–H and O–H groups in total. The number of pyridine rings is 1. The van der Waals surface area contributed by atoms with Crippen LogP contribution in [0.2, 0.25) is 0 Å². The van der Waals surface area contributed by atoms with Gasteiger partial charge in [-0.15, -0.1) is 13.2 Å². The van der Waals surface area contributed by atoms with Crippen molar-refractivity contribution < 1.29 is 54.6 Å². The minimum absolute atomic E-state index is 0.0103. The molecule has 1 aromatic carbocycles. The maximum atomic E-state index is 14.3. The van der Waals surface area contributed by atoms with Crippen LogP contribution in [0.4, 0.5) is 35.1 Å². The SMILES string of the molecule is Cn1ccnc1C(=O)N[C@@H](c1ccc(OC(F)(F)F)c(F)c1)c1ncccc1F.O=C(O)C(F)(F)F. The predicted octanol–water partition coefficient (Wildman–Crippen LogP) is 4.14. The number of benzene rings is 1. The fourth-order valence-corrected chi connectivity index (χ4v) is 2.60. The van der Waals surface area contributed by atoms with E-state index >= 15 is 0 Å². The van der Waals surface area contributed by atoms with E-state index in [-0.39, 0.29) is 17.1 Å². The Morgan fingerprint density at radius 3 is 2.14 bits per heavy atom. The molecule has 2 aromatic heterocycles. The van der Waals surface area contributed by atoms with Gasteiger partial charge in [-0.2, -0.15) is 13.2 Å². The number of ether oxygens (including phenoxy) is 1. The molecule has 194 valence electrons. The molecule has 0 aliphatic rings. The number of carboxylic acid groups (broad SMARTS) is 1. The van der Waals surface area contributed by atoms with Gasteiger partial charge in [0.15, 0.2) is 17.4 Å². The second-order valence-electron chi connectivity index (χ2n) is 6.68. The third-order valence-corrected chi connectivity index (χ3v) is 4.12. The second kappa shape index (κ2) is 11.0. The van der Waals surface area contributed by atoms with Crippen molar-refractivity contribution >= 4 is 11.9 Å². The number of amides is 1. The molecule has 36 heavy (non-hydrogen) atoms. The Hall–Kier alpha value is -4.24. The Labute approximate surface area is 196 Å². The van der Waals surface area contributed by atoms with Gasteiger partial charge in [-0.1, -0.05) is 6.07 Å². The number of aliphatic carboxylic acids is 1. The minimum atomic E-state index is -5.08. The molecule has 1 atom stereocenters. The largest absolute Gasteiger partial charge is 0.573 e. The van der Waals surface area contributed by atoms with Crippen LogP contribution in [0.25, 0.3) is 0 Å². The van der Waals surface area contributed by atoms with Gasteiger partial charge in [0, 0.05) is 25.6 Å². The van der Waals surface area contributed by atoms with Crippen molar-refractivity contribution in [1.29, 1.82) is 0 Å². The standard InChI is InChI=1S/C18H13F5N4O2.C2HF3O2/c1-27-8-7-25-16(27)17(28)26-14(15-11(19)3-2-6-24-15)10-4-5-13(12(20)9-10)29-18(21,22)23;3-2(4,5)1(6)7/h2-9,14H,1H3,(H,26,28);(H,6,7)/t14-;/m0./s1.